The van der Waals surface area contributed by atoms with Crippen molar-refractivity contribution in [2.45, 2.75) is 6.92 Å². The number of benzene rings is 2. The van der Waals surface area contributed by atoms with E-state index in [1.165, 1.54) is 11.0 Å². The number of aromatic nitrogens is 2. The lowest BCUT2D eigenvalue weighted by Crippen LogP contribution is -2.54. The van der Waals surface area contributed by atoms with E-state index in [1.807, 2.05) is 30.3 Å². The Bertz CT molecular complexity index is 1200. The van der Waals surface area contributed by atoms with Crippen molar-refractivity contribution in [1.82, 2.24) is 15.1 Å². The first-order valence-corrected chi connectivity index (χ1v) is 10.0. The van der Waals surface area contributed by atoms with Gasteiger partial charge in [0.15, 0.2) is 5.11 Å². The van der Waals surface area contributed by atoms with Gasteiger partial charge in [-0.1, -0.05) is 41.4 Å². The lowest BCUT2D eigenvalue weighted by molar-refractivity contribution is -0.122. The number of halogens is 2. The number of amides is 2. The number of rotatable bonds is 3. The summed E-state index contributed by atoms with van der Waals surface area (Å²) in [7, 11) is 0. The summed E-state index contributed by atoms with van der Waals surface area (Å²) >= 11 is 17.7. The van der Waals surface area contributed by atoms with E-state index in [4.69, 9.17) is 35.4 Å². The highest BCUT2D eigenvalue weighted by molar-refractivity contribution is 7.80. The summed E-state index contributed by atoms with van der Waals surface area (Å²) < 4.78 is 1.55. The van der Waals surface area contributed by atoms with E-state index < -0.39 is 11.8 Å². The summed E-state index contributed by atoms with van der Waals surface area (Å²) in [6, 6.07) is 15.9. The van der Waals surface area contributed by atoms with Crippen molar-refractivity contribution in [2.75, 3.05) is 4.90 Å². The molecule has 2 aromatic carbocycles. The van der Waals surface area contributed by atoms with Gasteiger partial charge in [-0.15, -0.1) is 0 Å². The molecule has 0 aliphatic carbocycles. The molecule has 0 unspecified atom stereocenters. The summed E-state index contributed by atoms with van der Waals surface area (Å²) in [5.74, 6) is -1.16. The maximum absolute atomic E-state index is 13.1. The third-order valence-corrected chi connectivity index (χ3v) is 5.42. The van der Waals surface area contributed by atoms with Crippen molar-refractivity contribution in [3.05, 3.63) is 81.6 Å². The smallest absolute Gasteiger partial charge is 0.270 e. The molecule has 1 fully saturated rings. The number of carbonyl (C=O) groups is 2. The monoisotopic (exact) mass is 456 g/mol. The summed E-state index contributed by atoms with van der Waals surface area (Å²) in [6.45, 7) is 1.75. The van der Waals surface area contributed by atoms with E-state index in [0.29, 0.717) is 22.0 Å². The zero-order valence-electron chi connectivity index (χ0n) is 15.6. The van der Waals surface area contributed by atoms with Crippen molar-refractivity contribution >= 4 is 64.1 Å². The Hall–Kier alpha value is -3.00. The Morgan fingerprint density at radius 1 is 1.00 bits per heavy atom. The van der Waals surface area contributed by atoms with Crippen molar-refractivity contribution in [3.63, 3.8) is 0 Å². The lowest BCUT2D eigenvalue weighted by Gasteiger charge is -2.28. The van der Waals surface area contributed by atoms with Gasteiger partial charge in [0.05, 0.1) is 17.1 Å². The normalized spacial score (nSPS) is 15.6. The zero-order valence-corrected chi connectivity index (χ0v) is 17.9. The zero-order chi connectivity index (χ0) is 21.4. The van der Waals surface area contributed by atoms with Crippen molar-refractivity contribution < 1.29 is 9.59 Å². The number of hydrogen-bond donors (Lipinski definition) is 1. The third-order valence-electron chi connectivity index (χ3n) is 4.52. The van der Waals surface area contributed by atoms with Crippen LogP contribution in [0.15, 0.2) is 60.2 Å². The van der Waals surface area contributed by atoms with Gasteiger partial charge in [0.1, 0.15) is 10.7 Å². The molecule has 1 aliphatic rings. The van der Waals surface area contributed by atoms with E-state index in [0.717, 1.165) is 5.69 Å². The van der Waals surface area contributed by atoms with E-state index in [2.05, 4.69) is 10.4 Å². The highest BCUT2D eigenvalue weighted by Crippen LogP contribution is 2.28. The van der Waals surface area contributed by atoms with Gasteiger partial charge in [-0.05, 0) is 61.6 Å². The van der Waals surface area contributed by atoms with E-state index >= 15 is 0 Å². The second-order valence-electron chi connectivity index (χ2n) is 6.47. The Morgan fingerprint density at radius 2 is 1.67 bits per heavy atom. The molecule has 2 amide bonds. The van der Waals surface area contributed by atoms with Crippen molar-refractivity contribution in [2.24, 2.45) is 0 Å². The lowest BCUT2D eigenvalue weighted by atomic mass is 10.1. The highest BCUT2D eigenvalue weighted by Gasteiger charge is 2.35. The number of anilines is 1. The molecule has 1 aromatic heterocycles. The van der Waals surface area contributed by atoms with Gasteiger partial charge in [-0.25, -0.2) is 4.68 Å². The fraction of sp³-hybridized carbons (Fsp3) is 0.0476. The highest BCUT2D eigenvalue weighted by atomic mass is 35.5. The van der Waals surface area contributed by atoms with Crippen LogP contribution < -0.4 is 10.2 Å². The molecule has 0 saturated carbocycles. The molecule has 2 heterocycles. The predicted octanol–water partition coefficient (Wildman–Crippen LogP) is 4.32. The SMILES string of the molecule is Cc1nn(-c2ccccc2)c(Cl)c1/C=C1\C(=O)NC(=S)N(c2ccc(Cl)cc2)C1=O. The van der Waals surface area contributed by atoms with Crippen LogP contribution in [0.25, 0.3) is 11.8 Å². The largest absolute Gasteiger partial charge is 0.298 e. The molecule has 0 atom stereocenters. The molecule has 3 aromatic rings. The number of carbonyl (C=O) groups excluding carboxylic acids is 2. The Labute approximate surface area is 187 Å². The Balaban J connectivity index is 1.77. The molecule has 4 rings (SSSR count). The van der Waals surface area contributed by atoms with Crippen LogP contribution in [0, 0.1) is 6.92 Å². The summed E-state index contributed by atoms with van der Waals surface area (Å²) in [5, 5.41) is 7.79. The topological polar surface area (TPSA) is 67.2 Å². The second kappa shape index (κ2) is 8.02. The minimum atomic E-state index is -0.599. The molecule has 0 radical (unpaired) electrons. The van der Waals surface area contributed by atoms with Crippen LogP contribution in [0.5, 0.6) is 0 Å². The van der Waals surface area contributed by atoms with Crippen LogP contribution in [-0.2, 0) is 9.59 Å². The molecule has 0 spiro atoms. The van der Waals surface area contributed by atoms with Crippen LogP contribution in [0.3, 0.4) is 0 Å². The third kappa shape index (κ3) is 3.63. The minimum absolute atomic E-state index is 0.00716. The van der Waals surface area contributed by atoms with Gasteiger partial charge >= 0.3 is 0 Å². The number of nitrogens with zero attached hydrogens (tertiary/aromatic N) is 3. The molecule has 30 heavy (non-hydrogen) atoms. The van der Waals surface area contributed by atoms with Crippen LogP contribution in [-0.4, -0.2) is 26.7 Å². The van der Waals surface area contributed by atoms with Gasteiger partial charge in [-0.2, -0.15) is 5.10 Å². The van der Waals surface area contributed by atoms with Crippen LogP contribution in [0.4, 0.5) is 5.69 Å². The molecule has 1 aliphatic heterocycles. The average Bonchev–Trinajstić information content (AvgIpc) is 3.01. The molecule has 1 saturated heterocycles. The van der Waals surface area contributed by atoms with Crippen LogP contribution in [0.1, 0.15) is 11.3 Å². The number of thiocarbonyl (C=S) groups is 1. The van der Waals surface area contributed by atoms with E-state index in [9.17, 15) is 9.59 Å². The van der Waals surface area contributed by atoms with Gasteiger partial charge in [-0.3, -0.25) is 19.8 Å². The second-order valence-corrected chi connectivity index (χ2v) is 7.65. The fourth-order valence-electron chi connectivity index (χ4n) is 3.04. The first-order valence-electron chi connectivity index (χ1n) is 8.84. The summed E-state index contributed by atoms with van der Waals surface area (Å²) in [4.78, 5) is 26.9. The molecule has 0 bridgehead atoms. The molecular formula is C21H14Cl2N4O2S. The maximum atomic E-state index is 13.1. The van der Waals surface area contributed by atoms with Gasteiger partial charge in [0.25, 0.3) is 11.8 Å². The van der Waals surface area contributed by atoms with E-state index in [1.54, 1.807) is 35.9 Å². The molecule has 9 heteroatoms. The summed E-state index contributed by atoms with van der Waals surface area (Å²) in [6.07, 6.45) is 1.44. The van der Waals surface area contributed by atoms with Crippen LogP contribution in [0.2, 0.25) is 10.2 Å². The molecule has 150 valence electrons. The maximum Gasteiger partial charge on any atom is 0.270 e. The van der Waals surface area contributed by atoms with Crippen molar-refractivity contribution in [3.8, 4) is 5.69 Å². The molecular weight excluding hydrogens is 443 g/mol. The van der Waals surface area contributed by atoms with Gasteiger partial charge < -0.3 is 0 Å². The first-order chi connectivity index (χ1) is 14.4. The average molecular weight is 457 g/mol. The number of hydrogen-bond acceptors (Lipinski definition) is 4. The molecule has 6 nitrogen and oxygen atoms in total. The van der Waals surface area contributed by atoms with Crippen LogP contribution >= 0.6 is 35.4 Å². The van der Waals surface area contributed by atoms with Gasteiger partial charge in [0, 0.05) is 10.6 Å². The van der Waals surface area contributed by atoms with Crippen molar-refractivity contribution in [1.29, 1.82) is 0 Å². The number of para-hydroxylation sites is 1. The number of nitrogens with one attached hydrogen (secondary N) is 1. The number of aryl methyl sites for hydroxylation is 1. The first kappa shape index (κ1) is 20.3. The standard InChI is InChI=1S/C21H14Cl2N4O2S/c1-12-16(18(23)27(25-12)15-5-3-2-4-6-15)11-17-19(28)24-21(30)26(20(17)29)14-9-7-13(22)8-10-14/h2-11H,1H3,(H,24,28,30)/b17-11+. The fourth-order valence-corrected chi connectivity index (χ4v) is 3.78. The van der Waals surface area contributed by atoms with Gasteiger partial charge in [0.2, 0.25) is 0 Å². The minimum Gasteiger partial charge on any atom is -0.298 e. The quantitative estimate of drug-likeness (QED) is 0.362. The molecule has 1 N–H and O–H groups in total. The Morgan fingerprint density at radius 3 is 2.33 bits per heavy atom. The predicted molar refractivity (Wildman–Crippen MR) is 121 cm³/mol. The van der Waals surface area contributed by atoms with E-state index in [-0.39, 0.29) is 15.8 Å². The Kier molecular flexibility index (Phi) is 5.42. The summed E-state index contributed by atoms with van der Waals surface area (Å²) in [5.41, 5.74) is 2.20.